The molecule has 1 rings (SSSR count). The summed E-state index contributed by atoms with van der Waals surface area (Å²) in [5.74, 6) is -2.80. The van der Waals surface area contributed by atoms with Crippen LogP contribution in [0, 0.1) is 5.41 Å². The SMILES string of the molecule is CC(C)S(=O)(=O)C1C(C(=O)O)=CC=CC1(C)C(=O)O. The zero-order valence-electron chi connectivity index (χ0n) is 10.8. The second-order valence-corrected chi connectivity index (χ2v) is 7.48. The first-order valence-corrected chi connectivity index (χ1v) is 7.25. The summed E-state index contributed by atoms with van der Waals surface area (Å²) in [4.78, 5) is 22.6. The minimum absolute atomic E-state index is 0.416. The van der Waals surface area contributed by atoms with Gasteiger partial charge in [-0.2, -0.15) is 0 Å². The number of sulfone groups is 1. The van der Waals surface area contributed by atoms with Crippen molar-refractivity contribution >= 4 is 21.8 Å². The van der Waals surface area contributed by atoms with Crippen LogP contribution in [0.3, 0.4) is 0 Å². The van der Waals surface area contributed by atoms with E-state index in [-0.39, 0.29) is 0 Å². The van der Waals surface area contributed by atoms with Gasteiger partial charge in [0, 0.05) is 0 Å². The van der Waals surface area contributed by atoms with E-state index in [1.807, 2.05) is 0 Å². The molecule has 19 heavy (non-hydrogen) atoms. The van der Waals surface area contributed by atoms with Crippen molar-refractivity contribution in [2.75, 3.05) is 0 Å². The molecular formula is C12H16O6S. The summed E-state index contributed by atoms with van der Waals surface area (Å²) in [7, 11) is -3.93. The molecule has 2 unspecified atom stereocenters. The van der Waals surface area contributed by atoms with Crippen molar-refractivity contribution in [1.29, 1.82) is 0 Å². The van der Waals surface area contributed by atoms with E-state index in [1.54, 1.807) is 0 Å². The maximum atomic E-state index is 12.3. The molecule has 106 valence electrons. The molecule has 0 fully saturated rings. The first-order chi connectivity index (χ1) is 8.55. The Bertz CT molecular complexity index is 569. The Kier molecular flexibility index (Phi) is 3.90. The van der Waals surface area contributed by atoms with Gasteiger partial charge in [0.1, 0.15) is 10.7 Å². The molecule has 0 saturated carbocycles. The van der Waals surface area contributed by atoms with Crippen molar-refractivity contribution in [2.24, 2.45) is 5.41 Å². The number of allylic oxidation sites excluding steroid dienone is 2. The average molecular weight is 288 g/mol. The zero-order valence-corrected chi connectivity index (χ0v) is 11.6. The molecule has 0 heterocycles. The lowest BCUT2D eigenvalue weighted by Gasteiger charge is -2.34. The van der Waals surface area contributed by atoms with Crippen LogP contribution in [0.15, 0.2) is 23.8 Å². The van der Waals surface area contributed by atoms with Crippen molar-refractivity contribution < 1.29 is 28.2 Å². The topological polar surface area (TPSA) is 109 Å². The van der Waals surface area contributed by atoms with Crippen LogP contribution in [-0.4, -0.2) is 41.1 Å². The molecule has 2 N–H and O–H groups in total. The van der Waals surface area contributed by atoms with E-state index in [4.69, 9.17) is 5.11 Å². The van der Waals surface area contributed by atoms with Gasteiger partial charge in [0.15, 0.2) is 9.84 Å². The van der Waals surface area contributed by atoms with Crippen LogP contribution in [-0.2, 0) is 19.4 Å². The van der Waals surface area contributed by atoms with Crippen molar-refractivity contribution in [3.8, 4) is 0 Å². The maximum absolute atomic E-state index is 12.3. The molecule has 2 atom stereocenters. The van der Waals surface area contributed by atoms with Crippen LogP contribution in [0.2, 0.25) is 0 Å². The van der Waals surface area contributed by atoms with Crippen LogP contribution >= 0.6 is 0 Å². The summed E-state index contributed by atoms with van der Waals surface area (Å²) in [5.41, 5.74) is -2.20. The molecule has 6 nitrogen and oxygen atoms in total. The normalized spacial score (nSPS) is 27.2. The van der Waals surface area contributed by atoms with E-state index in [1.165, 1.54) is 32.9 Å². The van der Waals surface area contributed by atoms with Crippen molar-refractivity contribution in [2.45, 2.75) is 31.3 Å². The van der Waals surface area contributed by atoms with Gasteiger partial charge in [-0.3, -0.25) is 4.79 Å². The average Bonchev–Trinajstić information content (AvgIpc) is 2.27. The fraction of sp³-hybridized carbons (Fsp3) is 0.500. The second kappa shape index (κ2) is 4.80. The molecular weight excluding hydrogens is 272 g/mol. The van der Waals surface area contributed by atoms with Gasteiger partial charge in [0.25, 0.3) is 0 Å². The third kappa shape index (κ3) is 2.42. The highest BCUT2D eigenvalue weighted by atomic mass is 32.2. The van der Waals surface area contributed by atoms with Gasteiger partial charge in [-0.1, -0.05) is 18.2 Å². The molecule has 0 amide bonds. The lowest BCUT2D eigenvalue weighted by atomic mass is 9.79. The monoisotopic (exact) mass is 288 g/mol. The summed E-state index contributed by atoms with van der Waals surface area (Å²) in [6.45, 7) is 4.01. The number of hydrogen-bond acceptors (Lipinski definition) is 4. The molecule has 0 aromatic carbocycles. The summed E-state index contributed by atoms with van der Waals surface area (Å²) >= 11 is 0. The van der Waals surface area contributed by atoms with Gasteiger partial charge in [0.2, 0.25) is 0 Å². The predicted molar refractivity (Wildman–Crippen MR) is 68.4 cm³/mol. The van der Waals surface area contributed by atoms with Gasteiger partial charge in [-0.05, 0) is 20.8 Å². The van der Waals surface area contributed by atoms with E-state index in [0.717, 1.165) is 6.08 Å². The molecule has 0 radical (unpaired) electrons. The molecule has 0 bridgehead atoms. The molecule has 0 spiro atoms. The predicted octanol–water partition coefficient (Wildman–Crippen LogP) is 0.850. The largest absolute Gasteiger partial charge is 0.481 e. The molecule has 0 aromatic heterocycles. The van der Waals surface area contributed by atoms with Crippen molar-refractivity contribution in [3.05, 3.63) is 23.8 Å². The van der Waals surface area contributed by atoms with Crippen LogP contribution in [0.25, 0.3) is 0 Å². The standard InChI is InChI=1S/C12H16O6S/c1-7(2)19(17,18)9-8(10(13)14)5-4-6-12(9,3)11(15)16/h4-7,9H,1-3H3,(H,13,14)(H,15,16). The van der Waals surface area contributed by atoms with E-state index in [9.17, 15) is 23.1 Å². The number of carboxylic acids is 2. The highest BCUT2D eigenvalue weighted by Gasteiger charge is 2.52. The Morgan fingerprint density at radius 1 is 1.32 bits per heavy atom. The molecule has 7 heteroatoms. The number of aliphatic carboxylic acids is 2. The first-order valence-electron chi connectivity index (χ1n) is 5.64. The summed E-state index contributed by atoms with van der Waals surface area (Å²) in [5, 5.41) is 15.9. The van der Waals surface area contributed by atoms with Gasteiger partial charge in [0.05, 0.1) is 10.8 Å². The van der Waals surface area contributed by atoms with E-state index >= 15 is 0 Å². The summed E-state index contributed by atoms with van der Waals surface area (Å²) < 4.78 is 24.6. The Hall–Kier alpha value is -1.63. The minimum atomic E-state index is -3.93. The van der Waals surface area contributed by atoms with Gasteiger partial charge in [-0.25, -0.2) is 13.2 Å². The van der Waals surface area contributed by atoms with Crippen molar-refractivity contribution in [1.82, 2.24) is 0 Å². The van der Waals surface area contributed by atoms with E-state index in [0.29, 0.717) is 0 Å². The molecule has 0 aliphatic heterocycles. The molecule has 1 aliphatic rings. The second-order valence-electron chi connectivity index (χ2n) is 4.89. The third-order valence-corrected chi connectivity index (χ3v) is 5.95. The summed E-state index contributed by atoms with van der Waals surface area (Å²) in [6, 6.07) is 0. The zero-order chi connectivity index (χ0) is 15.0. The number of carboxylic acid groups (broad SMARTS) is 2. The highest BCUT2D eigenvalue weighted by molar-refractivity contribution is 7.92. The Morgan fingerprint density at radius 3 is 2.21 bits per heavy atom. The van der Waals surface area contributed by atoms with E-state index < -0.39 is 43.3 Å². The van der Waals surface area contributed by atoms with Gasteiger partial charge < -0.3 is 10.2 Å². The quantitative estimate of drug-likeness (QED) is 0.793. The Labute approximate surface area is 111 Å². The van der Waals surface area contributed by atoms with Crippen LogP contribution in [0.5, 0.6) is 0 Å². The molecule has 0 saturated heterocycles. The first kappa shape index (κ1) is 15.4. The lowest BCUT2D eigenvalue weighted by Crippen LogP contribution is -2.49. The smallest absolute Gasteiger partial charge is 0.332 e. The maximum Gasteiger partial charge on any atom is 0.332 e. The molecule has 1 aliphatic carbocycles. The number of rotatable bonds is 4. The fourth-order valence-electron chi connectivity index (χ4n) is 2.01. The summed E-state index contributed by atoms with van der Waals surface area (Å²) in [6.07, 6.45) is 3.62. The molecule has 0 aromatic rings. The Balaban J connectivity index is 3.57. The Morgan fingerprint density at radius 2 is 1.84 bits per heavy atom. The van der Waals surface area contributed by atoms with Crippen molar-refractivity contribution in [3.63, 3.8) is 0 Å². The lowest BCUT2D eigenvalue weighted by molar-refractivity contribution is -0.145. The van der Waals surface area contributed by atoms with Crippen LogP contribution in [0.4, 0.5) is 0 Å². The van der Waals surface area contributed by atoms with E-state index in [2.05, 4.69) is 0 Å². The van der Waals surface area contributed by atoms with Gasteiger partial charge >= 0.3 is 11.9 Å². The fourth-order valence-corrected chi connectivity index (χ4v) is 3.95. The highest BCUT2D eigenvalue weighted by Crippen LogP contribution is 2.38. The van der Waals surface area contributed by atoms with Gasteiger partial charge in [-0.15, -0.1) is 0 Å². The number of hydrogen-bond donors (Lipinski definition) is 2. The third-order valence-electron chi connectivity index (χ3n) is 3.24. The minimum Gasteiger partial charge on any atom is -0.481 e. The van der Waals surface area contributed by atoms with Crippen LogP contribution < -0.4 is 0 Å². The number of carbonyl (C=O) groups is 2. The van der Waals surface area contributed by atoms with Crippen LogP contribution in [0.1, 0.15) is 20.8 Å².